The molecule has 2 rings (SSSR count). The van der Waals surface area contributed by atoms with Crippen molar-refractivity contribution in [1.82, 2.24) is 10.2 Å². The Morgan fingerprint density at radius 1 is 1.32 bits per heavy atom. The van der Waals surface area contributed by atoms with E-state index in [9.17, 15) is 4.79 Å². The molecule has 0 radical (unpaired) electrons. The van der Waals surface area contributed by atoms with Crippen LogP contribution in [0.25, 0.3) is 0 Å². The number of carbonyl (C=O) groups excluding carboxylic acids is 1. The van der Waals surface area contributed by atoms with Crippen LogP contribution < -0.4 is 5.32 Å². The summed E-state index contributed by atoms with van der Waals surface area (Å²) in [7, 11) is 0. The largest absolute Gasteiger partial charge is 0.369 e. The summed E-state index contributed by atoms with van der Waals surface area (Å²) >= 11 is 0. The van der Waals surface area contributed by atoms with Gasteiger partial charge >= 0.3 is 0 Å². The molecule has 2 saturated heterocycles. The minimum Gasteiger partial charge on any atom is -0.369 e. The Bertz CT molecular complexity index is 352. The summed E-state index contributed by atoms with van der Waals surface area (Å²) in [6.45, 7) is 12.9. The Labute approximate surface area is 116 Å². The number of hydrogen-bond acceptors (Lipinski definition) is 3. The van der Waals surface area contributed by atoms with Gasteiger partial charge in [-0.3, -0.25) is 4.79 Å². The first kappa shape index (κ1) is 14.8. The third-order valence-electron chi connectivity index (χ3n) is 4.26. The van der Waals surface area contributed by atoms with Crippen LogP contribution in [0, 0.1) is 5.41 Å². The molecule has 0 bridgehead atoms. The molecule has 1 amide bonds. The summed E-state index contributed by atoms with van der Waals surface area (Å²) < 4.78 is 5.88. The van der Waals surface area contributed by atoms with E-state index in [0.717, 1.165) is 19.4 Å². The molecule has 2 aliphatic rings. The van der Waals surface area contributed by atoms with Crippen molar-refractivity contribution >= 4 is 5.91 Å². The van der Waals surface area contributed by atoms with Gasteiger partial charge in [-0.2, -0.15) is 0 Å². The van der Waals surface area contributed by atoms with E-state index in [1.165, 1.54) is 0 Å². The molecule has 0 aromatic rings. The van der Waals surface area contributed by atoms with Crippen molar-refractivity contribution in [3.63, 3.8) is 0 Å². The van der Waals surface area contributed by atoms with Gasteiger partial charge in [-0.1, -0.05) is 13.8 Å². The number of ether oxygens (including phenoxy) is 1. The summed E-state index contributed by atoms with van der Waals surface area (Å²) in [6, 6.07) is -0.0534. The van der Waals surface area contributed by atoms with Gasteiger partial charge in [0, 0.05) is 13.1 Å². The normalized spacial score (nSPS) is 34.1. The molecule has 4 nitrogen and oxygen atoms in total. The van der Waals surface area contributed by atoms with Crippen molar-refractivity contribution in [2.75, 3.05) is 19.6 Å². The smallest absolute Gasteiger partial charge is 0.240 e. The topological polar surface area (TPSA) is 41.6 Å². The number of carbonyl (C=O) groups is 1. The highest BCUT2D eigenvalue weighted by atomic mass is 16.5. The summed E-state index contributed by atoms with van der Waals surface area (Å²) in [4.78, 5) is 14.8. The number of morpholine rings is 1. The van der Waals surface area contributed by atoms with Crippen molar-refractivity contribution in [2.24, 2.45) is 5.41 Å². The standard InChI is InChI=1S/C15H28N2O2/c1-11-9-17(10-15(4,5)19-11)13(18)12-14(2,3)7-6-8-16-12/h11-12,16H,6-10H2,1-5H3. The number of nitrogens with zero attached hydrogens (tertiary/aromatic N) is 1. The number of nitrogens with one attached hydrogen (secondary N) is 1. The molecule has 2 aliphatic heterocycles. The van der Waals surface area contributed by atoms with Gasteiger partial charge in [0.25, 0.3) is 0 Å². The van der Waals surface area contributed by atoms with Crippen LogP contribution in [-0.4, -0.2) is 48.2 Å². The van der Waals surface area contributed by atoms with Crippen molar-refractivity contribution in [2.45, 2.75) is 65.2 Å². The Morgan fingerprint density at radius 2 is 2.00 bits per heavy atom. The second-order valence-corrected chi connectivity index (χ2v) is 7.39. The second kappa shape index (κ2) is 5.06. The molecule has 0 aromatic heterocycles. The molecule has 0 aliphatic carbocycles. The number of amides is 1. The van der Waals surface area contributed by atoms with Crippen LogP contribution >= 0.6 is 0 Å². The van der Waals surface area contributed by atoms with Crippen LogP contribution in [0.5, 0.6) is 0 Å². The highest BCUT2D eigenvalue weighted by Crippen LogP contribution is 2.32. The fourth-order valence-electron chi connectivity index (χ4n) is 3.44. The summed E-state index contributed by atoms with van der Waals surface area (Å²) in [5.41, 5.74) is -0.201. The average molecular weight is 268 g/mol. The van der Waals surface area contributed by atoms with Crippen LogP contribution in [0.3, 0.4) is 0 Å². The maximum absolute atomic E-state index is 12.8. The SMILES string of the molecule is CC1CN(C(=O)C2NCCCC2(C)C)CC(C)(C)O1. The van der Waals surface area contributed by atoms with Gasteiger partial charge in [0.1, 0.15) is 0 Å². The van der Waals surface area contributed by atoms with E-state index in [0.29, 0.717) is 13.1 Å². The summed E-state index contributed by atoms with van der Waals surface area (Å²) in [6.07, 6.45) is 2.38. The first-order valence-corrected chi connectivity index (χ1v) is 7.41. The number of rotatable bonds is 1. The van der Waals surface area contributed by atoms with Gasteiger partial charge in [0.05, 0.1) is 17.7 Å². The van der Waals surface area contributed by atoms with Crippen LogP contribution in [-0.2, 0) is 9.53 Å². The van der Waals surface area contributed by atoms with Gasteiger partial charge < -0.3 is 15.0 Å². The lowest BCUT2D eigenvalue weighted by Crippen LogP contribution is -2.61. The second-order valence-electron chi connectivity index (χ2n) is 7.39. The molecule has 0 saturated carbocycles. The third-order valence-corrected chi connectivity index (χ3v) is 4.26. The Morgan fingerprint density at radius 3 is 2.58 bits per heavy atom. The zero-order chi connectivity index (χ0) is 14.3. The third kappa shape index (κ3) is 3.29. The van der Waals surface area contributed by atoms with Gasteiger partial charge in [-0.15, -0.1) is 0 Å². The molecular formula is C15H28N2O2. The van der Waals surface area contributed by atoms with Gasteiger partial charge in [-0.05, 0) is 45.6 Å². The molecule has 0 spiro atoms. The predicted molar refractivity (Wildman–Crippen MR) is 76.0 cm³/mol. The lowest BCUT2D eigenvalue weighted by atomic mass is 9.77. The van der Waals surface area contributed by atoms with Gasteiger partial charge in [-0.25, -0.2) is 0 Å². The molecular weight excluding hydrogens is 240 g/mol. The van der Waals surface area contributed by atoms with Gasteiger partial charge in [0.2, 0.25) is 5.91 Å². The van der Waals surface area contributed by atoms with Crippen molar-refractivity contribution in [3.05, 3.63) is 0 Å². The first-order chi connectivity index (χ1) is 8.71. The van der Waals surface area contributed by atoms with E-state index in [-0.39, 0.29) is 29.1 Å². The molecule has 2 unspecified atom stereocenters. The number of piperidine rings is 1. The highest BCUT2D eigenvalue weighted by Gasteiger charge is 2.42. The van der Waals surface area contributed by atoms with E-state index in [1.54, 1.807) is 0 Å². The molecule has 19 heavy (non-hydrogen) atoms. The van der Waals surface area contributed by atoms with Gasteiger partial charge in [0.15, 0.2) is 0 Å². The predicted octanol–water partition coefficient (Wildman–Crippen LogP) is 1.79. The molecule has 2 fully saturated rings. The fraction of sp³-hybridized carbons (Fsp3) is 0.933. The first-order valence-electron chi connectivity index (χ1n) is 7.41. The summed E-state index contributed by atoms with van der Waals surface area (Å²) in [5, 5.41) is 3.42. The van der Waals surface area contributed by atoms with Crippen LogP contribution in [0.2, 0.25) is 0 Å². The van der Waals surface area contributed by atoms with Crippen LogP contribution in [0.4, 0.5) is 0 Å². The number of hydrogen-bond donors (Lipinski definition) is 1. The minimum atomic E-state index is -0.244. The molecule has 2 heterocycles. The van der Waals surface area contributed by atoms with E-state index in [2.05, 4.69) is 33.0 Å². The zero-order valence-electron chi connectivity index (χ0n) is 13.0. The Kier molecular flexibility index (Phi) is 3.94. The van der Waals surface area contributed by atoms with Crippen LogP contribution in [0.1, 0.15) is 47.5 Å². The van der Waals surface area contributed by atoms with E-state index in [4.69, 9.17) is 4.74 Å². The quantitative estimate of drug-likeness (QED) is 0.788. The lowest BCUT2D eigenvalue weighted by molar-refractivity contribution is -0.162. The molecule has 4 heteroatoms. The fourth-order valence-corrected chi connectivity index (χ4v) is 3.44. The average Bonchev–Trinajstić information content (AvgIpc) is 2.24. The highest BCUT2D eigenvalue weighted by molar-refractivity contribution is 5.83. The molecule has 0 aromatic carbocycles. The summed E-state index contributed by atoms with van der Waals surface area (Å²) in [5.74, 6) is 0.243. The molecule has 110 valence electrons. The van der Waals surface area contributed by atoms with E-state index in [1.807, 2.05) is 11.8 Å². The monoisotopic (exact) mass is 268 g/mol. The van der Waals surface area contributed by atoms with Crippen molar-refractivity contribution in [3.8, 4) is 0 Å². The lowest BCUT2D eigenvalue weighted by Gasteiger charge is -2.46. The minimum absolute atomic E-state index is 0.0427. The molecule has 2 atom stereocenters. The maximum Gasteiger partial charge on any atom is 0.240 e. The van der Waals surface area contributed by atoms with Crippen LogP contribution in [0.15, 0.2) is 0 Å². The van der Waals surface area contributed by atoms with E-state index < -0.39 is 0 Å². The zero-order valence-corrected chi connectivity index (χ0v) is 13.0. The van der Waals surface area contributed by atoms with E-state index >= 15 is 0 Å². The Balaban J connectivity index is 2.10. The maximum atomic E-state index is 12.8. The Hall–Kier alpha value is -0.610. The molecule has 1 N–H and O–H groups in total. The van der Waals surface area contributed by atoms with Crippen molar-refractivity contribution in [1.29, 1.82) is 0 Å². The van der Waals surface area contributed by atoms with Crippen molar-refractivity contribution < 1.29 is 9.53 Å².